The van der Waals surface area contributed by atoms with Gasteiger partial charge in [-0.15, -0.1) is 0 Å². The molecule has 0 saturated heterocycles. The van der Waals surface area contributed by atoms with Crippen molar-refractivity contribution in [1.29, 1.82) is 0 Å². The number of aryl methyl sites for hydroxylation is 1. The number of aromatic hydroxyl groups is 1. The lowest BCUT2D eigenvalue weighted by atomic mass is 9.96. The minimum atomic E-state index is -0.480. The van der Waals surface area contributed by atoms with Gasteiger partial charge in [-0.2, -0.15) is 0 Å². The van der Waals surface area contributed by atoms with E-state index >= 15 is 0 Å². The van der Waals surface area contributed by atoms with E-state index < -0.39 is 5.97 Å². The Hall–Kier alpha value is -1.88. The van der Waals surface area contributed by atoms with Crippen LogP contribution in [0.4, 0.5) is 0 Å². The molecule has 1 aromatic carbocycles. The fraction of sp³-hybridized carbons (Fsp3) is 0.467. The summed E-state index contributed by atoms with van der Waals surface area (Å²) in [5.74, 6) is -0.337. The van der Waals surface area contributed by atoms with E-state index in [0.29, 0.717) is 11.3 Å². The maximum Gasteiger partial charge on any atom is 0.331 e. The number of benzene rings is 1. The normalized spacial score (nSPS) is 13.4. The molecule has 0 spiro atoms. The van der Waals surface area contributed by atoms with Crippen LogP contribution in [-0.2, 0) is 9.63 Å². The topological polar surface area (TPSA) is 62.1 Å². The van der Waals surface area contributed by atoms with Crippen molar-refractivity contribution >= 4 is 11.7 Å². The summed E-state index contributed by atoms with van der Waals surface area (Å²) in [6, 6.07) is 5.28. The highest BCUT2D eigenvalue weighted by molar-refractivity contribution is 6.04. The molecule has 1 unspecified atom stereocenters. The van der Waals surface area contributed by atoms with E-state index in [2.05, 4.69) is 5.16 Å². The monoisotopic (exact) mass is 278 g/mol. The van der Waals surface area contributed by atoms with Crippen molar-refractivity contribution in [3.8, 4) is 5.75 Å². The van der Waals surface area contributed by atoms with E-state index in [-0.39, 0.29) is 11.7 Å². The van der Waals surface area contributed by atoms with Crippen LogP contribution in [0.3, 0.4) is 0 Å². The highest BCUT2D eigenvalue weighted by Gasteiger charge is 2.19. The zero-order valence-electron chi connectivity index (χ0n) is 12.7. The van der Waals surface area contributed by atoms with Gasteiger partial charge < -0.3 is 14.8 Å². The predicted molar refractivity (Wildman–Crippen MR) is 78.9 cm³/mol. The molecular formula is C15H22N2O3. The second-order valence-corrected chi connectivity index (χ2v) is 5.24. The van der Waals surface area contributed by atoms with Crippen LogP contribution in [0.25, 0.3) is 0 Å². The molecule has 0 heterocycles. The van der Waals surface area contributed by atoms with Crippen LogP contribution in [-0.4, -0.2) is 42.3 Å². The second-order valence-electron chi connectivity index (χ2n) is 5.24. The SMILES string of the molecule is CC(=O)O/N=C(\c1cc(C)ccc1O)C(C)CN(C)C. The maximum atomic E-state index is 11.0. The van der Waals surface area contributed by atoms with Crippen molar-refractivity contribution in [3.63, 3.8) is 0 Å². The molecule has 1 rings (SSSR count). The van der Waals surface area contributed by atoms with Gasteiger partial charge in [0.25, 0.3) is 0 Å². The quantitative estimate of drug-likeness (QED) is 0.509. The average molecular weight is 278 g/mol. The van der Waals surface area contributed by atoms with Gasteiger partial charge in [-0.05, 0) is 33.2 Å². The zero-order chi connectivity index (χ0) is 15.3. The number of carbonyl (C=O) groups is 1. The first kappa shape index (κ1) is 16.2. The molecular weight excluding hydrogens is 256 g/mol. The molecule has 5 nitrogen and oxygen atoms in total. The predicted octanol–water partition coefficient (Wildman–Crippen LogP) is 2.17. The van der Waals surface area contributed by atoms with Gasteiger partial charge in [0.15, 0.2) is 0 Å². The largest absolute Gasteiger partial charge is 0.507 e. The van der Waals surface area contributed by atoms with Gasteiger partial charge in [0, 0.05) is 24.9 Å². The highest BCUT2D eigenvalue weighted by Crippen LogP contribution is 2.23. The van der Waals surface area contributed by atoms with Crippen LogP contribution in [0.5, 0.6) is 5.75 Å². The lowest BCUT2D eigenvalue weighted by Crippen LogP contribution is -2.27. The van der Waals surface area contributed by atoms with E-state index in [4.69, 9.17) is 4.84 Å². The number of phenolic OH excluding ortho intramolecular Hbond substituents is 1. The van der Waals surface area contributed by atoms with E-state index in [0.717, 1.165) is 12.1 Å². The molecule has 1 aromatic rings. The first-order valence-electron chi connectivity index (χ1n) is 6.51. The van der Waals surface area contributed by atoms with Crippen molar-refractivity contribution < 1.29 is 14.7 Å². The van der Waals surface area contributed by atoms with Crippen LogP contribution >= 0.6 is 0 Å². The summed E-state index contributed by atoms with van der Waals surface area (Å²) in [5, 5.41) is 13.9. The Labute approximate surface area is 119 Å². The molecule has 0 bridgehead atoms. The van der Waals surface area contributed by atoms with E-state index in [9.17, 15) is 9.90 Å². The number of hydrogen-bond donors (Lipinski definition) is 1. The van der Waals surface area contributed by atoms with Gasteiger partial charge in [-0.25, -0.2) is 4.79 Å². The molecule has 0 aliphatic heterocycles. The van der Waals surface area contributed by atoms with Gasteiger partial charge in [-0.3, -0.25) is 0 Å². The lowest BCUT2D eigenvalue weighted by molar-refractivity contribution is -0.140. The minimum Gasteiger partial charge on any atom is -0.507 e. The Balaban J connectivity index is 3.18. The van der Waals surface area contributed by atoms with Crippen molar-refractivity contribution in [2.75, 3.05) is 20.6 Å². The number of hydrogen-bond acceptors (Lipinski definition) is 5. The third-order valence-electron chi connectivity index (χ3n) is 2.81. The van der Waals surface area contributed by atoms with E-state index in [1.165, 1.54) is 6.92 Å². The number of oxime groups is 1. The molecule has 110 valence electrons. The third kappa shape index (κ3) is 4.66. The third-order valence-corrected chi connectivity index (χ3v) is 2.81. The molecule has 1 N–H and O–H groups in total. The number of nitrogens with zero attached hydrogens (tertiary/aromatic N) is 2. The first-order chi connectivity index (χ1) is 9.31. The standard InChI is InChI=1S/C15H22N2O3/c1-10-6-7-14(19)13(8-10)15(16-20-12(3)18)11(2)9-17(4)5/h6-8,11,19H,9H2,1-5H3/b16-15-. The number of phenols is 1. The molecule has 0 radical (unpaired) electrons. The van der Waals surface area contributed by atoms with Crippen LogP contribution in [0, 0.1) is 12.8 Å². The van der Waals surface area contributed by atoms with Gasteiger partial charge in [-0.1, -0.05) is 23.7 Å². The second kappa shape index (κ2) is 7.05. The van der Waals surface area contributed by atoms with Crippen molar-refractivity contribution in [3.05, 3.63) is 29.3 Å². The summed E-state index contributed by atoms with van der Waals surface area (Å²) in [5.41, 5.74) is 2.17. The summed E-state index contributed by atoms with van der Waals surface area (Å²) in [4.78, 5) is 17.8. The molecule has 20 heavy (non-hydrogen) atoms. The Bertz CT molecular complexity index is 510. The summed E-state index contributed by atoms with van der Waals surface area (Å²) in [7, 11) is 3.91. The molecule has 0 aliphatic carbocycles. The fourth-order valence-corrected chi connectivity index (χ4v) is 2.01. The van der Waals surface area contributed by atoms with Gasteiger partial charge >= 0.3 is 5.97 Å². The molecule has 0 fully saturated rings. The summed E-state index contributed by atoms with van der Waals surface area (Å²) in [6.07, 6.45) is 0. The molecule has 0 amide bonds. The molecule has 0 saturated carbocycles. The molecule has 5 heteroatoms. The molecule has 0 aromatic heterocycles. The van der Waals surface area contributed by atoms with Crippen LogP contribution in [0.2, 0.25) is 0 Å². The van der Waals surface area contributed by atoms with Gasteiger partial charge in [0.2, 0.25) is 0 Å². The lowest BCUT2D eigenvalue weighted by Gasteiger charge is -2.19. The van der Waals surface area contributed by atoms with E-state index in [1.54, 1.807) is 6.07 Å². The Morgan fingerprint density at radius 2 is 2.10 bits per heavy atom. The van der Waals surface area contributed by atoms with Gasteiger partial charge in [0.1, 0.15) is 5.75 Å². The smallest absolute Gasteiger partial charge is 0.331 e. The average Bonchev–Trinajstić information content (AvgIpc) is 2.32. The van der Waals surface area contributed by atoms with Crippen LogP contribution in [0.15, 0.2) is 23.4 Å². The van der Waals surface area contributed by atoms with Crippen LogP contribution < -0.4 is 0 Å². The first-order valence-corrected chi connectivity index (χ1v) is 6.51. The number of carbonyl (C=O) groups excluding carboxylic acids is 1. The Kier molecular flexibility index (Phi) is 5.70. The van der Waals surface area contributed by atoms with Crippen molar-refractivity contribution in [2.24, 2.45) is 11.1 Å². The van der Waals surface area contributed by atoms with Crippen LogP contribution in [0.1, 0.15) is 25.0 Å². The van der Waals surface area contributed by atoms with E-state index in [1.807, 2.05) is 45.0 Å². The van der Waals surface area contributed by atoms with Crippen molar-refractivity contribution in [2.45, 2.75) is 20.8 Å². The molecule has 0 aliphatic rings. The van der Waals surface area contributed by atoms with Gasteiger partial charge in [0.05, 0.1) is 5.71 Å². The zero-order valence-corrected chi connectivity index (χ0v) is 12.7. The number of rotatable bonds is 5. The highest BCUT2D eigenvalue weighted by atomic mass is 16.7. The van der Waals surface area contributed by atoms with Crippen molar-refractivity contribution in [1.82, 2.24) is 4.90 Å². The Morgan fingerprint density at radius 1 is 1.45 bits per heavy atom. The minimum absolute atomic E-state index is 0.0112. The maximum absolute atomic E-state index is 11.0. The molecule has 1 atom stereocenters. The summed E-state index contributed by atoms with van der Waals surface area (Å²) < 4.78 is 0. The Morgan fingerprint density at radius 3 is 2.65 bits per heavy atom. The summed E-state index contributed by atoms with van der Waals surface area (Å²) >= 11 is 0. The summed E-state index contributed by atoms with van der Waals surface area (Å²) in [6.45, 7) is 5.94. The fourth-order valence-electron chi connectivity index (χ4n) is 2.01.